The number of benzene rings is 2. The first-order chi connectivity index (χ1) is 10.7. The molecule has 0 spiro atoms. The minimum Gasteiger partial charge on any atom is -0.497 e. The van der Waals surface area contributed by atoms with Gasteiger partial charge >= 0.3 is 5.97 Å². The Bertz CT molecular complexity index is 623. The maximum atomic E-state index is 11.7. The molecule has 0 saturated carbocycles. The molecular weight excluding hydrogens is 282 g/mol. The van der Waals surface area contributed by atoms with Crippen molar-refractivity contribution in [3.63, 3.8) is 0 Å². The zero-order chi connectivity index (χ0) is 15.8. The van der Waals surface area contributed by atoms with Crippen LogP contribution in [0.2, 0.25) is 0 Å². The summed E-state index contributed by atoms with van der Waals surface area (Å²) in [5.74, 6) is -0.104. The van der Waals surface area contributed by atoms with E-state index in [0.29, 0.717) is 12.1 Å². The van der Waals surface area contributed by atoms with Crippen molar-refractivity contribution < 1.29 is 19.1 Å². The van der Waals surface area contributed by atoms with Crippen LogP contribution < -0.4 is 10.1 Å². The summed E-state index contributed by atoms with van der Waals surface area (Å²) >= 11 is 0. The molecule has 1 amide bonds. The molecule has 0 radical (unpaired) electrons. The fraction of sp³-hybridized carbons (Fsp3) is 0.176. The molecule has 2 aromatic rings. The summed E-state index contributed by atoms with van der Waals surface area (Å²) in [6.45, 7) is 0.0651. The molecule has 0 saturated heterocycles. The van der Waals surface area contributed by atoms with Crippen LogP contribution in [0.3, 0.4) is 0 Å². The molecule has 1 N–H and O–H groups in total. The smallest absolute Gasteiger partial charge is 0.338 e. The van der Waals surface area contributed by atoms with Gasteiger partial charge in [-0.2, -0.15) is 0 Å². The number of carbonyl (C=O) groups excluding carboxylic acids is 2. The summed E-state index contributed by atoms with van der Waals surface area (Å²) in [6.07, 6.45) is 0. The quantitative estimate of drug-likeness (QED) is 0.830. The van der Waals surface area contributed by atoms with Crippen LogP contribution in [0.15, 0.2) is 54.6 Å². The lowest BCUT2D eigenvalue weighted by Gasteiger charge is -2.07. The third kappa shape index (κ3) is 4.63. The van der Waals surface area contributed by atoms with Crippen molar-refractivity contribution in [3.8, 4) is 5.75 Å². The predicted molar refractivity (Wildman–Crippen MR) is 81.6 cm³/mol. The molecule has 0 unspecified atom stereocenters. The molecule has 5 nitrogen and oxygen atoms in total. The minimum absolute atomic E-state index is 0.302. The third-order valence-electron chi connectivity index (χ3n) is 2.99. The van der Waals surface area contributed by atoms with Crippen molar-refractivity contribution >= 4 is 11.9 Å². The topological polar surface area (TPSA) is 64.6 Å². The maximum absolute atomic E-state index is 11.7. The fourth-order valence-electron chi connectivity index (χ4n) is 1.78. The van der Waals surface area contributed by atoms with Gasteiger partial charge in [0.05, 0.1) is 12.7 Å². The summed E-state index contributed by atoms with van der Waals surface area (Å²) in [4.78, 5) is 23.3. The van der Waals surface area contributed by atoms with E-state index < -0.39 is 5.97 Å². The number of hydrogen-bond donors (Lipinski definition) is 1. The van der Waals surface area contributed by atoms with E-state index in [1.165, 1.54) is 0 Å². The van der Waals surface area contributed by atoms with Crippen LogP contribution in [0.4, 0.5) is 0 Å². The first-order valence-electron chi connectivity index (χ1n) is 6.81. The highest BCUT2D eigenvalue weighted by atomic mass is 16.5. The highest BCUT2D eigenvalue weighted by molar-refractivity contribution is 5.91. The van der Waals surface area contributed by atoms with Crippen molar-refractivity contribution in [3.05, 3.63) is 65.7 Å². The Morgan fingerprint density at radius 3 is 2.32 bits per heavy atom. The van der Waals surface area contributed by atoms with Crippen LogP contribution in [0, 0.1) is 0 Å². The van der Waals surface area contributed by atoms with E-state index in [0.717, 1.165) is 11.3 Å². The van der Waals surface area contributed by atoms with Crippen LogP contribution in [0.5, 0.6) is 5.75 Å². The van der Waals surface area contributed by atoms with Gasteiger partial charge in [-0.25, -0.2) is 4.79 Å². The number of hydrogen-bond acceptors (Lipinski definition) is 4. The van der Waals surface area contributed by atoms with E-state index in [2.05, 4.69) is 5.32 Å². The number of nitrogens with one attached hydrogen (secondary N) is 1. The van der Waals surface area contributed by atoms with E-state index in [1.54, 1.807) is 37.4 Å². The van der Waals surface area contributed by atoms with Gasteiger partial charge in [0.15, 0.2) is 6.61 Å². The van der Waals surface area contributed by atoms with Crippen LogP contribution in [-0.2, 0) is 16.1 Å². The molecule has 0 fully saturated rings. The van der Waals surface area contributed by atoms with Gasteiger partial charge in [-0.05, 0) is 29.8 Å². The molecule has 114 valence electrons. The van der Waals surface area contributed by atoms with E-state index >= 15 is 0 Å². The van der Waals surface area contributed by atoms with Gasteiger partial charge in [0.25, 0.3) is 5.91 Å². The molecule has 0 bridgehead atoms. The molecule has 2 rings (SSSR count). The first kappa shape index (κ1) is 15.6. The zero-order valence-corrected chi connectivity index (χ0v) is 12.2. The molecular formula is C17H17NO4. The lowest BCUT2D eigenvalue weighted by molar-refractivity contribution is -0.124. The summed E-state index contributed by atoms with van der Waals surface area (Å²) in [5.41, 5.74) is 1.36. The number of carbonyl (C=O) groups is 2. The SMILES string of the molecule is COc1ccc(CNC(=O)COC(=O)c2ccccc2)cc1. The third-order valence-corrected chi connectivity index (χ3v) is 2.99. The predicted octanol–water partition coefficient (Wildman–Crippen LogP) is 2.17. The lowest BCUT2D eigenvalue weighted by Crippen LogP contribution is -2.28. The number of rotatable bonds is 6. The molecule has 0 atom stereocenters. The van der Waals surface area contributed by atoms with Crippen molar-refractivity contribution in [2.75, 3.05) is 13.7 Å². The largest absolute Gasteiger partial charge is 0.497 e. The Morgan fingerprint density at radius 1 is 1.00 bits per heavy atom. The maximum Gasteiger partial charge on any atom is 0.338 e. The number of amides is 1. The second kappa shape index (κ2) is 7.83. The second-order valence-corrected chi connectivity index (χ2v) is 4.57. The molecule has 22 heavy (non-hydrogen) atoms. The summed E-state index contributed by atoms with van der Waals surface area (Å²) in [5, 5.41) is 2.69. The van der Waals surface area contributed by atoms with Crippen LogP contribution in [-0.4, -0.2) is 25.6 Å². The Kier molecular flexibility index (Phi) is 5.54. The summed E-state index contributed by atoms with van der Waals surface area (Å²) in [7, 11) is 1.60. The van der Waals surface area contributed by atoms with Crippen LogP contribution in [0.25, 0.3) is 0 Å². The molecule has 0 aliphatic heterocycles. The average Bonchev–Trinajstić information content (AvgIpc) is 2.59. The fourth-order valence-corrected chi connectivity index (χ4v) is 1.78. The van der Waals surface area contributed by atoms with E-state index in [9.17, 15) is 9.59 Å². The Morgan fingerprint density at radius 2 is 1.68 bits per heavy atom. The molecule has 0 aliphatic carbocycles. The standard InChI is InChI=1S/C17H17NO4/c1-21-15-9-7-13(8-10-15)11-18-16(19)12-22-17(20)14-5-3-2-4-6-14/h2-10H,11-12H2,1H3,(H,18,19). The molecule has 0 aromatic heterocycles. The first-order valence-corrected chi connectivity index (χ1v) is 6.81. The highest BCUT2D eigenvalue weighted by Gasteiger charge is 2.09. The number of ether oxygens (including phenoxy) is 2. The number of methoxy groups -OCH3 is 1. The van der Waals surface area contributed by atoms with Gasteiger partial charge in [-0.1, -0.05) is 30.3 Å². The van der Waals surface area contributed by atoms with Gasteiger partial charge in [0.2, 0.25) is 0 Å². The summed E-state index contributed by atoms with van der Waals surface area (Å²) < 4.78 is 10.0. The zero-order valence-electron chi connectivity index (χ0n) is 12.2. The molecule has 5 heteroatoms. The minimum atomic E-state index is -0.514. The average molecular weight is 299 g/mol. The van der Waals surface area contributed by atoms with Crippen molar-refractivity contribution in [2.24, 2.45) is 0 Å². The normalized spacial score (nSPS) is 9.86. The van der Waals surface area contributed by atoms with Gasteiger partial charge < -0.3 is 14.8 Å². The van der Waals surface area contributed by atoms with Gasteiger partial charge in [-0.15, -0.1) is 0 Å². The molecule has 0 aliphatic rings. The van der Waals surface area contributed by atoms with E-state index in [4.69, 9.17) is 9.47 Å². The lowest BCUT2D eigenvalue weighted by atomic mass is 10.2. The molecule has 2 aromatic carbocycles. The number of esters is 1. The van der Waals surface area contributed by atoms with E-state index in [1.807, 2.05) is 24.3 Å². The highest BCUT2D eigenvalue weighted by Crippen LogP contribution is 2.10. The Labute approximate surface area is 128 Å². The van der Waals surface area contributed by atoms with Crippen molar-refractivity contribution in [1.29, 1.82) is 0 Å². The molecule has 0 heterocycles. The monoisotopic (exact) mass is 299 g/mol. The van der Waals surface area contributed by atoms with Crippen molar-refractivity contribution in [2.45, 2.75) is 6.54 Å². The Hall–Kier alpha value is -2.82. The second-order valence-electron chi connectivity index (χ2n) is 4.57. The Balaban J connectivity index is 1.74. The summed E-state index contributed by atoms with van der Waals surface area (Å²) in [6, 6.07) is 15.9. The van der Waals surface area contributed by atoms with Gasteiger partial charge in [0.1, 0.15) is 5.75 Å². The van der Waals surface area contributed by atoms with Crippen molar-refractivity contribution in [1.82, 2.24) is 5.32 Å². The van der Waals surface area contributed by atoms with Crippen LogP contribution >= 0.6 is 0 Å². The van der Waals surface area contributed by atoms with Gasteiger partial charge in [0, 0.05) is 6.54 Å². The van der Waals surface area contributed by atoms with Crippen LogP contribution in [0.1, 0.15) is 15.9 Å². The van der Waals surface area contributed by atoms with Gasteiger partial charge in [-0.3, -0.25) is 4.79 Å². The van der Waals surface area contributed by atoms with E-state index in [-0.39, 0.29) is 12.5 Å².